The van der Waals surface area contributed by atoms with Gasteiger partial charge in [-0.25, -0.2) is 4.39 Å². The molecule has 2 N–H and O–H groups in total. The third-order valence-corrected chi connectivity index (χ3v) is 4.07. The van der Waals surface area contributed by atoms with E-state index in [0.29, 0.717) is 18.9 Å². The van der Waals surface area contributed by atoms with Crippen molar-refractivity contribution in [2.24, 2.45) is 5.41 Å². The highest BCUT2D eigenvalue weighted by molar-refractivity contribution is 5.75. The number of aliphatic carboxylic acids is 1. The predicted octanol–water partition coefficient (Wildman–Crippen LogP) is 3.07. The van der Waals surface area contributed by atoms with E-state index in [1.807, 2.05) is 13.8 Å². The Kier molecular flexibility index (Phi) is 5.72. The van der Waals surface area contributed by atoms with Crippen molar-refractivity contribution >= 4 is 5.97 Å². The third-order valence-electron chi connectivity index (χ3n) is 4.07. The number of carbonyl (C=O) groups is 1. The van der Waals surface area contributed by atoms with Gasteiger partial charge in [-0.3, -0.25) is 4.79 Å². The second-order valence-electron chi connectivity index (χ2n) is 6.14. The van der Waals surface area contributed by atoms with E-state index in [1.165, 1.54) is 12.1 Å². The molecule has 0 saturated heterocycles. The average molecular weight is 297 g/mol. The fourth-order valence-corrected chi connectivity index (χ4v) is 1.68. The average Bonchev–Trinajstić information content (AvgIpc) is 2.40. The molecule has 1 rings (SSSR count). The summed E-state index contributed by atoms with van der Waals surface area (Å²) in [6, 6.07) is 5.87. The molecule has 0 spiro atoms. The molecule has 0 heterocycles. The van der Waals surface area contributed by atoms with Crippen molar-refractivity contribution in [1.29, 1.82) is 0 Å². The van der Waals surface area contributed by atoms with Gasteiger partial charge in [-0.15, -0.1) is 0 Å². The molecule has 118 valence electrons. The summed E-state index contributed by atoms with van der Waals surface area (Å²) in [5.41, 5.74) is -1.40. The van der Waals surface area contributed by atoms with E-state index in [4.69, 9.17) is 4.74 Å². The monoisotopic (exact) mass is 297 g/mol. The van der Waals surface area contributed by atoms with Gasteiger partial charge < -0.3 is 15.2 Å². The van der Waals surface area contributed by atoms with Crippen molar-refractivity contribution in [3.8, 4) is 5.75 Å². The predicted molar refractivity (Wildman–Crippen MR) is 80.0 cm³/mol. The van der Waals surface area contributed by atoms with Gasteiger partial charge in [-0.2, -0.15) is 0 Å². The van der Waals surface area contributed by atoms with Crippen LogP contribution in [0.15, 0.2) is 24.3 Å². The molecule has 0 aliphatic carbocycles. The second kappa shape index (κ2) is 6.89. The molecule has 0 aliphatic rings. The van der Waals surface area contributed by atoms with Gasteiger partial charge in [-0.05, 0) is 64.9 Å². The minimum atomic E-state index is -0.870. The molecule has 4 nitrogen and oxygen atoms in total. The zero-order valence-corrected chi connectivity index (χ0v) is 13.1. The van der Waals surface area contributed by atoms with Crippen LogP contribution in [0.2, 0.25) is 0 Å². The quantitative estimate of drug-likeness (QED) is 0.724. The summed E-state index contributed by atoms with van der Waals surface area (Å²) in [6.45, 7) is 8.30. The Bertz CT molecular complexity index is 469. The van der Waals surface area contributed by atoms with Crippen LogP contribution < -0.4 is 10.1 Å². The summed E-state index contributed by atoms with van der Waals surface area (Å²) in [6.07, 6.45) is 0.733. The number of hydrogen-bond acceptors (Lipinski definition) is 3. The first-order chi connectivity index (χ1) is 9.67. The lowest BCUT2D eigenvalue weighted by Crippen LogP contribution is -2.55. The zero-order chi connectivity index (χ0) is 16.1. The van der Waals surface area contributed by atoms with E-state index in [2.05, 4.69) is 5.32 Å². The molecular formula is C16H24FNO3. The summed E-state index contributed by atoms with van der Waals surface area (Å²) < 4.78 is 18.2. The lowest BCUT2D eigenvalue weighted by molar-refractivity contribution is -0.151. The standard InChI is InChI=1S/C16H24FNO3/c1-15(2,14(19)20)16(3,4)18-10-5-11-21-13-8-6-12(17)7-9-13/h6-9,18H,5,10-11H2,1-4H3,(H,19,20). The van der Waals surface area contributed by atoms with Crippen molar-refractivity contribution in [3.05, 3.63) is 30.1 Å². The molecule has 0 atom stereocenters. The number of hydrogen-bond donors (Lipinski definition) is 2. The van der Waals surface area contributed by atoms with Crippen molar-refractivity contribution in [2.45, 2.75) is 39.7 Å². The molecule has 1 aromatic rings. The Morgan fingerprint density at radius 2 is 1.81 bits per heavy atom. The molecule has 5 heteroatoms. The van der Waals surface area contributed by atoms with Crippen LogP contribution in [-0.2, 0) is 4.79 Å². The first kappa shape index (κ1) is 17.4. The van der Waals surface area contributed by atoms with Crippen LogP contribution in [0, 0.1) is 11.2 Å². The van der Waals surface area contributed by atoms with Crippen molar-refractivity contribution in [2.75, 3.05) is 13.2 Å². The van der Waals surface area contributed by atoms with Gasteiger partial charge in [-0.1, -0.05) is 0 Å². The molecule has 0 aromatic heterocycles. The molecule has 21 heavy (non-hydrogen) atoms. The lowest BCUT2D eigenvalue weighted by Gasteiger charge is -2.39. The number of benzene rings is 1. The maximum Gasteiger partial charge on any atom is 0.310 e. The summed E-state index contributed by atoms with van der Waals surface area (Å²) >= 11 is 0. The highest BCUT2D eigenvalue weighted by Gasteiger charge is 2.42. The number of carboxylic acids is 1. The first-order valence-corrected chi connectivity index (χ1v) is 7.03. The lowest BCUT2D eigenvalue weighted by atomic mass is 9.74. The summed E-state index contributed by atoms with van der Waals surface area (Å²) in [7, 11) is 0. The SMILES string of the molecule is CC(C)(NCCCOc1ccc(F)cc1)C(C)(C)C(=O)O. The van der Waals surface area contributed by atoms with Crippen LogP contribution in [0.4, 0.5) is 4.39 Å². The fourth-order valence-electron chi connectivity index (χ4n) is 1.68. The maximum absolute atomic E-state index is 12.7. The highest BCUT2D eigenvalue weighted by Crippen LogP contribution is 2.30. The van der Waals surface area contributed by atoms with E-state index in [-0.39, 0.29) is 5.82 Å². The number of halogens is 1. The smallest absolute Gasteiger partial charge is 0.310 e. The Hall–Kier alpha value is -1.62. The Labute approximate surface area is 125 Å². The van der Waals surface area contributed by atoms with Crippen LogP contribution in [0.3, 0.4) is 0 Å². The second-order valence-corrected chi connectivity index (χ2v) is 6.14. The third kappa shape index (κ3) is 4.70. The molecular weight excluding hydrogens is 273 g/mol. The fraction of sp³-hybridized carbons (Fsp3) is 0.562. The molecule has 0 radical (unpaired) electrons. The van der Waals surface area contributed by atoms with Gasteiger partial charge in [0.15, 0.2) is 0 Å². The molecule has 0 amide bonds. The van der Waals surface area contributed by atoms with Gasteiger partial charge >= 0.3 is 5.97 Å². The topological polar surface area (TPSA) is 58.6 Å². The highest BCUT2D eigenvalue weighted by atomic mass is 19.1. The van der Waals surface area contributed by atoms with Crippen LogP contribution in [-0.4, -0.2) is 29.8 Å². The normalized spacial score (nSPS) is 12.2. The zero-order valence-electron chi connectivity index (χ0n) is 13.1. The van der Waals surface area contributed by atoms with Gasteiger partial charge in [0.05, 0.1) is 12.0 Å². The van der Waals surface area contributed by atoms with E-state index < -0.39 is 16.9 Å². The summed E-state index contributed by atoms with van der Waals surface area (Å²) in [5, 5.41) is 12.5. The number of ether oxygens (including phenoxy) is 1. The molecule has 0 unspecified atom stereocenters. The van der Waals surface area contributed by atoms with Crippen molar-refractivity contribution < 1.29 is 19.0 Å². The van der Waals surface area contributed by atoms with E-state index >= 15 is 0 Å². The minimum absolute atomic E-state index is 0.290. The van der Waals surface area contributed by atoms with E-state index in [1.54, 1.807) is 26.0 Å². The van der Waals surface area contributed by atoms with Gasteiger partial charge in [0.25, 0.3) is 0 Å². The van der Waals surface area contributed by atoms with Crippen molar-refractivity contribution in [1.82, 2.24) is 5.32 Å². The molecule has 0 saturated carbocycles. The van der Waals surface area contributed by atoms with Gasteiger partial charge in [0, 0.05) is 5.54 Å². The van der Waals surface area contributed by atoms with E-state index in [9.17, 15) is 14.3 Å². The van der Waals surface area contributed by atoms with Gasteiger partial charge in [0.1, 0.15) is 11.6 Å². The largest absolute Gasteiger partial charge is 0.494 e. The Morgan fingerprint density at radius 3 is 2.33 bits per heavy atom. The minimum Gasteiger partial charge on any atom is -0.494 e. The van der Waals surface area contributed by atoms with Crippen LogP contribution in [0.1, 0.15) is 34.1 Å². The Balaban J connectivity index is 2.33. The number of carboxylic acid groups (broad SMARTS) is 1. The maximum atomic E-state index is 12.7. The molecule has 0 aliphatic heterocycles. The Morgan fingerprint density at radius 1 is 1.24 bits per heavy atom. The van der Waals surface area contributed by atoms with Crippen LogP contribution in [0.5, 0.6) is 5.75 Å². The van der Waals surface area contributed by atoms with E-state index in [0.717, 1.165) is 6.42 Å². The summed E-state index contributed by atoms with van der Waals surface area (Å²) in [4.78, 5) is 11.3. The molecule has 0 bridgehead atoms. The van der Waals surface area contributed by atoms with Crippen LogP contribution >= 0.6 is 0 Å². The van der Waals surface area contributed by atoms with Gasteiger partial charge in [0.2, 0.25) is 0 Å². The number of rotatable bonds is 8. The molecule has 1 aromatic carbocycles. The van der Waals surface area contributed by atoms with Crippen LogP contribution in [0.25, 0.3) is 0 Å². The summed E-state index contributed by atoms with van der Waals surface area (Å²) in [5.74, 6) is -0.495. The number of nitrogens with one attached hydrogen (secondary N) is 1. The first-order valence-electron chi connectivity index (χ1n) is 7.03. The van der Waals surface area contributed by atoms with Crippen molar-refractivity contribution in [3.63, 3.8) is 0 Å². The molecule has 0 fully saturated rings.